The lowest BCUT2D eigenvalue weighted by atomic mass is 10.0. The van der Waals surface area contributed by atoms with Crippen molar-refractivity contribution in [2.24, 2.45) is 4.99 Å². The Bertz CT molecular complexity index is 1150. The molecule has 0 radical (unpaired) electrons. The fourth-order valence-corrected chi connectivity index (χ4v) is 5.24. The first-order valence-electron chi connectivity index (χ1n) is 10.8. The van der Waals surface area contributed by atoms with Crippen LogP contribution in [0.5, 0.6) is 5.75 Å². The molecule has 33 heavy (non-hydrogen) atoms. The van der Waals surface area contributed by atoms with Crippen LogP contribution in [0.2, 0.25) is 0 Å². The van der Waals surface area contributed by atoms with Crippen molar-refractivity contribution in [2.45, 2.75) is 32.4 Å². The number of thiophene rings is 1. The van der Waals surface area contributed by atoms with Crippen molar-refractivity contribution in [3.05, 3.63) is 64.6 Å². The molecule has 0 spiro atoms. The maximum absolute atomic E-state index is 12.7. The molecule has 8 nitrogen and oxygen atoms in total. The molecule has 1 aliphatic rings. The highest BCUT2D eigenvalue weighted by Crippen LogP contribution is 2.36. The predicted octanol–water partition coefficient (Wildman–Crippen LogP) is 3.16. The number of aromatic nitrogens is 2. The zero-order valence-corrected chi connectivity index (χ0v) is 19.6. The predicted molar refractivity (Wildman–Crippen MR) is 129 cm³/mol. The highest BCUT2D eigenvalue weighted by molar-refractivity contribution is 7.16. The van der Waals surface area contributed by atoms with Crippen molar-refractivity contribution in [1.29, 1.82) is 0 Å². The summed E-state index contributed by atoms with van der Waals surface area (Å²) in [6, 6.07) is 7.73. The van der Waals surface area contributed by atoms with Gasteiger partial charge in [0.15, 0.2) is 0 Å². The molecule has 0 saturated heterocycles. The number of imidazole rings is 1. The molecule has 2 aromatic heterocycles. The van der Waals surface area contributed by atoms with E-state index in [1.807, 2.05) is 29.2 Å². The number of methoxy groups -OCH3 is 1. The highest BCUT2D eigenvalue weighted by atomic mass is 32.1. The van der Waals surface area contributed by atoms with Crippen LogP contribution < -0.4 is 10.1 Å². The van der Waals surface area contributed by atoms with Crippen LogP contribution in [0.15, 0.2) is 48.0 Å². The Balaban J connectivity index is 1.44. The topological polar surface area (TPSA) is 88.8 Å². The number of hydrogen-bond acceptors (Lipinski definition) is 6. The van der Waals surface area contributed by atoms with E-state index in [-0.39, 0.29) is 18.4 Å². The van der Waals surface area contributed by atoms with Gasteiger partial charge in [0.25, 0.3) is 0 Å². The van der Waals surface area contributed by atoms with Crippen molar-refractivity contribution in [3.8, 4) is 5.75 Å². The molecular formula is C24H27N5O3S. The van der Waals surface area contributed by atoms with E-state index in [0.29, 0.717) is 25.9 Å². The zero-order valence-electron chi connectivity index (χ0n) is 18.8. The maximum Gasteiger partial charge on any atom is 0.242 e. The van der Waals surface area contributed by atoms with Crippen LogP contribution in [0.4, 0.5) is 5.00 Å². The molecule has 3 heterocycles. The van der Waals surface area contributed by atoms with E-state index < -0.39 is 0 Å². The number of carbonyl (C=O) groups is 2. The standard InChI is InChI=1S/C24H27N5O3S/c1-25-13-19-18-9-11-29(23(31)15-28-12-10-26-16-28)14-21(18)33-24(19)27-22(30)8-7-17-5-3-4-6-20(17)32-2/h3-6,10,12-13,16H,7-9,11,14-15H2,1-2H3,(H,27,30). The number of aliphatic imine (C=N–C) groups is 1. The van der Waals surface area contributed by atoms with Crippen LogP contribution in [0, 0.1) is 0 Å². The summed E-state index contributed by atoms with van der Waals surface area (Å²) < 4.78 is 7.15. The van der Waals surface area contributed by atoms with Gasteiger partial charge in [0.05, 0.1) is 20.0 Å². The summed E-state index contributed by atoms with van der Waals surface area (Å²) in [5.41, 5.74) is 3.12. The van der Waals surface area contributed by atoms with E-state index in [1.165, 1.54) is 11.3 Å². The van der Waals surface area contributed by atoms with Gasteiger partial charge >= 0.3 is 0 Å². The molecular weight excluding hydrogens is 438 g/mol. The van der Waals surface area contributed by atoms with E-state index >= 15 is 0 Å². The fourth-order valence-electron chi connectivity index (χ4n) is 3.98. The van der Waals surface area contributed by atoms with Gasteiger partial charge in [-0.25, -0.2) is 4.98 Å². The number of para-hydroxylation sites is 1. The van der Waals surface area contributed by atoms with Gasteiger partial charge in [0, 0.05) is 49.1 Å². The molecule has 172 valence electrons. The van der Waals surface area contributed by atoms with Gasteiger partial charge in [-0.05, 0) is 30.0 Å². The fraction of sp³-hybridized carbons (Fsp3) is 0.333. The average Bonchev–Trinajstić information content (AvgIpc) is 3.45. The van der Waals surface area contributed by atoms with E-state index in [9.17, 15) is 9.59 Å². The number of nitrogens with zero attached hydrogens (tertiary/aromatic N) is 4. The molecule has 9 heteroatoms. The number of ether oxygens (including phenoxy) is 1. The molecule has 4 rings (SSSR count). The Morgan fingerprint density at radius 3 is 2.94 bits per heavy atom. The molecule has 1 aromatic carbocycles. The molecule has 0 atom stereocenters. The van der Waals surface area contributed by atoms with Gasteiger partial charge < -0.3 is 19.5 Å². The summed E-state index contributed by atoms with van der Waals surface area (Å²) in [5.74, 6) is 0.787. The molecule has 3 aromatic rings. The molecule has 0 unspecified atom stereocenters. The van der Waals surface area contributed by atoms with Crippen LogP contribution in [0.3, 0.4) is 0 Å². The molecule has 1 N–H and O–H groups in total. The lowest BCUT2D eigenvalue weighted by Gasteiger charge is -2.27. The second-order valence-corrected chi connectivity index (χ2v) is 8.90. The third kappa shape index (κ3) is 5.31. The van der Waals surface area contributed by atoms with E-state index in [4.69, 9.17) is 4.74 Å². The first kappa shape index (κ1) is 22.7. The second kappa shape index (κ2) is 10.4. The maximum atomic E-state index is 12.7. The summed E-state index contributed by atoms with van der Waals surface area (Å²) in [4.78, 5) is 36.6. The van der Waals surface area contributed by atoms with Crippen molar-refractivity contribution in [3.63, 3.8) is 0 Å². The average molecular weight is 466 g/mol. The number of hydrogen-bond donors (Lipinski definition) is 1. The molecule has 1 aliphatic heterocycles. The highest BCUT2D eigenvalue weighted by Gasteiger charge is 2.27. The molecule has 0 aliphatic carbocycles. The monoisotopic (exact) mass is 465 g/mol. The minimum atomic E-state index is -0.0571. The van der Waals surface area contributed by atoms with Gasteiger partial charge in [-0.2, -0.15) is 0 Å². The Labute approximate surface area is 196 Å². The third-order valence-corrected chi connectivity index (χ3v) is 6.80. The van der Waals surface area contributed by atoms with Crippen LogP contribution in [-0.2, 0) is 35.5 Å². The zero-order chi connectivity index (χ0) is 23.2. The smallest absolute Gasteiger partial charge is 0.242 e. The van der Waals surface area contributed by atoms with Crippen molar-refractivity contribution in [2.75, 3.05) is 26.0 Å². The summed E-state index contributed by atoms with van der Waals surface area (Å²) in [5, 5.41) is 3.86. The van der Waals surface area contributed by atoms with Gasteiger partial charge in [0.1, 0.15) is 17.3 Å². The van der Waals surface area contributed by atoms with E-state index in [0.717, 1.165) is 38.7 Å². The number of fused-ring (bicyclic) bond motifs is 1. The first-order valence-corrected chi connectivity index (χ1v) is 11.6. The SMILES string of the molecule is CN=Cc1c(NC(=O)CCc2ccccc2OC)sc2c1CCN(C(=O)Cn1ccnc1)C2. The quantitative estimate of drug-likeness (QED) is 0.518. The number of anilines is 1. The van der Waals surface area contributed by atoms with Gasteiger partial charge in [-0.3, -0.25) is 14.6 Å². The summed E-state index contributed by atoms with van der Waals surface area (Å²) in [7, 11) is 3.36. The normalized spacial score (nSPS) is 13.2. The lowest BCUT2D eigenvalue weighted by molar-refractivity contribution is -0.132. The Morgan fingerprint density at radius 1 is 1.33 bits per heavy atom. The third-order valence-electron chi connectivity index (χ3n) is 5.65. The van der Waals surface area contributed by atoms with Crippen LogP contribution in [0.1, 0.15) is 28.0 Å². The van der Waals surface area contributed by atoms with Gasteiger partial charge in [-0.1, -0.05) is 18.2 Å². The number of benzene rings is 1. The number of carbonyl (C=O) groups excluding carboxylic acids is 2. The number of nitrogens with one attached hydrogen (secondary N) is 1. The Morgan fingerprint density at radius 2 is 2.18 bits per heavy atom. The summed E-state index contributed by atoms with van der Waals surface area (Å²) in [6.45, 7) is 1.45. The Hall–Kier alpha value is -3.46. The second-order valence-electron chi connectivity index (χ2n) is 7.79. The largest absolute Gasteiger partial charge is 0.496 e. The molecule has 2 amide bonds. The van der Waals surface area contributed by atoms with Gasteiger partial charge in [0.2, 0.25) is 11.8 Å². The van der Waals surface area contributed by atoms with Crippen molar-refractivity contribution < 1.29 is 14.3 Å². The van der Waals surface area contributed by atoms with Crippen LogP contribution in [-0.4, -0.2) is 53.2 Å². The van der Waals surface area contributed by atoms with E-state index in [1.54, 1.807) is 43.7 Å². The summed E-state index contributed by atoms with van der Waals surface area (Å²) >= 11 is 1.53. The summed E-state index contributed by atoms with van der Waals surface area (Å²) in [6.07, 6.45) is 8.57. The number of aryl methyl sites for hydroxylation is 1. The minimum Gasteiger partial charge on any atom is -0.496 e. The minimum absolute atomic E-state index is 0.0557. The molecule has 0 saturated carbocycles. The first-order chi connectivity index (χ1) is 16.1. The van der Waals surface area contributed by atoms with Crippen molar-refractivity contribution in [1.82, 2.24) is 14.5 Å². The van der Waals surface area contributed by atoms with E-state index in [2.05, 4.69) is 15.3 Å². The number of amides is 2. The van der Waals surface area contributed by atoms with Crippen molar-refractivity contribution >= 4 is 34.4 Å². The lowest BCUT2D eigenvalue weighted by Crippen LogP contribution is -2.37. The van der Waals surface area contributed by atoms with Crippen LogP contribution >= 0.6 is 11.3 Å². The van der Waals surface area contributed by atoms with Gasteiger partial charge in [-0.15, -0.1) is 11.3 Å². The Kier molecular flexibility index (Phi) is 7.19. The molecule has 0 fully saturated rings. The van der Waals surface area contributed by atoms with Crippen LogP contribution in [0.25, 0.3) is 0 Å². The molecule has 0 bridgehead atoms. The number of rotatable bonds is 8.